The van der Waals surface area contributed by atoms with Crippen molar-refractivity contribution in [2.75, 3.05) is 0 Å². The average molecular weight is 310 g/mol. The summed E-state index contributed by atoms with van der Waals surface area (Å²) in [5, 5.41) is 1.36. The molecule has 0 bridgehead atoms. The van der Waals surface area contributed by atoms with Gasteiger partial charge in [0.1, 0.15) is 11.5 Å². The highest BCUT2D eigenvalue weighted by molar-refractivity contribution is 6.31. The second-order valence-corrected chi connectivity index (χ2v) is 5.49. The van der Waals surface area contributed by atoms with Crippen LogP contribution in [-0.4, -0.2) is 6.04 Å². The first-order chi connectivity index (χ1) is 9.60. The molecule has 1 atom stereocenters. The van der Waals surface area contributed by atoms with E-state index in [1.807, 2.05) is 30.3 Å². The van der Waals surface area contributed by atoms with Crippen molar-refractivity contribution in [2.24, 2.45) is 5.73 Å². The molecule has 2 N–H and O–H groups in total. The molecule has 2 aromatic rings. The van der Waals surface area contributed by atoms with Crippen molar-refractivity contribution < 1.29 is 4.74 Å². The van der Waals surface area contributed by atoms with Gasteiger partial charge < -0.3 is 10.5 Å². The largest absolute Gasteiger partial charge is 0.457 e. The number of ether oxygens (including phenoxy) is 1. The minimum Gasteiger partial charge on any atom is -0.457 e. The van der Waals surface area contributed by atoms with Crippen LogP contribution in [0.15, 0.2) is 42.5 Å². The van der Waals surface area contributed by atoms with E-state index in [2.05, 4.69) is 6.92 Å². The van der Waals surface area contributed by atoms with E-state index in [1.54, 1.807) is 12.1 Å². The molecule has 0 fully saturated rings. The summed E-state index contributed by atoms with van der Waals surface area (Å²) in [7, 11) is 0. The van der Waals surface area contributed by atoms with Gasteiger partial charge in [0, 0.05) is 21.7 Å². The molecule has 0 amide bonds. The van der Waals surface area contributed by atoms with Crippen LogP contribution in [0.1, 0.15) is 18.9 Å². The monoisotopic (exact) mass is 309 g/mol. The average Bonchev–Trinajstić information content (AvgIpc) is 2.45. The normalized spacial score (nSPS) is 12.2. The standard InChI is InChI=1S/C16H17Cl2NO/c1-2-12(19)10-14-15(18)4-3-5-16(14)20-13-8-6-11(17)7-9-13/h3-9,12H,2,10,19H2,1H3. The van der Waals surface area contributed by atoms with Gasteiger partial charge in [0.25, 0.3) is 0 Å². The third kappa shape index (κ3) is 3.89. The molecule has 106 valence electrons. The summed E-state index contributed by atoms with van der Waals surface area (Å²) in [4.78, 5) is 0. The molecular weight excluding hydrogens is 293 g/mol. The van der Waals surface area contributed by atoms with E-state index in [0.29, 0.717) is 16.5 Å². The van der Waals surface area contributed by atoms with E-state index < -0.39 is 0 Å². The Labute approximate surface area is 129 Å². The minimum absolute atomic E-state index is 0.0717. The van der Waals surface area contributed by atoms with Gasteiger partial charge in [-0.3, -0.25) is 0 Å². The zero-order valence-electron chi connectivity index (χ0n) is 11.3. The summed E-state index contributed by atoms with van der Waals surface area (Å²) in [6.45, 7) is 2.06. The van der Waals surface area contributed by atoms with Crippen LogP contribution in [0.4, 0.5) is 0 Å². The molecule has 0 saturated heterocycles. The van der Waals surface area contributed by atoms with E-state index in [4.69, 9.17) is 33.7 Å². The second-order valence-electron chi connectivity index (χ2n) is 4.64. The van der Waals surface area contributed by atoms with Crippen LogP contribution in [0.5, 0.6) is 11.5 Å². The molecule has 0 saturated carbocycles. The van der Waals surface area contributed by atoms with Crippen LogP contribution >= 0.6 is 23.2 Å². The SMILES string of the molecule is CCC(N)Cc1c(Cl)cccc1Oc1ccc(Cl)cc1. The highest BCUT2D eigenvalue weighted by Gasteiger charge is 2.12. The molecule has 0 heterocycles. The van der Waals surface area contributed by atoms with Crippen LogP contribution < -0.4 is 10.5 Å². The fraction of sp³-hybridized carbons (Fsp3) is 0.250. The molecule has 4 heteroatoms. The zero-order valence-corrected chi connectivity index (χ0v) is 12.8. The predicted octanol–water partition coefficient (Wildman–Crippen LogP) is 5.07. The number of hydrogen-bond donors (Lipinski definition) is 1. The van der Waals surface area contributed by atoms with Crippen LogP contribution in [0.25, 0.3) is 0 Å². The van der Waals surface area contributed by atoms with Gasteiger partial charge in [-0.05, 0) is 49.2 Å². The van der Waals surface area contributed by atoms with Gasteiger partial charge in [0.05, 0.1) is 0 Å². The quantitative estimate of drug-likeness (QED) is 0.837. The highest BCUT2D eigenvalue weighted by atomic mass is 35.5. The maximum absolute atomic E-state index is 6.27. The lowest BCUT2D eigenvalue weighted by Crippen LogP contribution is -2.21. The van der Waals surface area contributed by atoms with Crippen LogP contribution in [0, 0.1) is 0 Å². The van der Waals surface area contributed by atoms with Crippen molar-refractivity contribution in [3.63, 3.8) is 0 Å². The second kappa shape index (κ2) is 6.98. The molecule has 0 aliphatic rings. The van der Waals surface area contributed by atoms with Crippen LogP contribution in [-0.2, 0) is 6.42 Å². The summed E-state index contributed by atoms with van der Waals surface area (Å²) in [6, 6.07) is 12.9. The van der Waals surface area contributed by atoms with Gasteiger partial charge in [-0.15, -0.1) is 0 Å². The topological polar surface area (TPSA) is 35.2 Å². The molecule has 0 aliphatic carbocycles. The fourth-order valence-electron chi connectivity index (χ4n) is 1.87. The minimum atomic E-state index is 0.0717. The Morgan fingerprint density at radius 1 is 1.10 bits per heavy atom. The molecule has 0 spiro atoms. The van der Waals surface area contributed by atoms with E-state index in [-0.39, 0.29) is 6.04 Å². The highest BCUT2D eigenvalue weighted by Crippen LogP contribution is 2.32. The molecule has 2 rings (SSSR count). The Hall–Kier alpha value is -1.22. The smallest absolute Gasteiger partial charge is 0.132 e. The zero-order chi connectivity index (χ0) is 14.5. The maximum Gasteiger partial charge on any atom is 0.132 e. The predicted molar refractivity (Wildman–Crippen MR) is 84.9 cm³/mol. The summed E-state index contributed by atoms with van der Waals surface area (Å²) >= 11 is 12.1. The first kappa shape index (κ1) is 15.2. The lowest BCUT2D eigenvalue weighted by atomic mass is 10.0. The first-order valence-electron chi connectivity index (χ1n) is 6.56. The van der Waals surface area contributed by atoms with E-state index in [1.165, 1.54) is 0 Å². The Balaban J connectivity index is 2.26. The first-order valence-corrected chi connectivity index (χ1v) is 7.32. The van der Waals surface area contributed by atoms with E-state index >= 15 is 0 Å². The fourth-order valence-corrected chi connectivity index (χ4v) is 2.24. The third-order valence-electron chi connectivity index (χ3n) is 3.11. The molecule has 20 heavy (non-hydrogen) atoms. The third-order valence-corrected chi connectivity index (χ3v) is 3.71. The van der Waals surface area contributed by atoms with Gasteiger partial charge in [-0.2, -0.15) is 0 Å². The van der Waals surface area contributed by atoms with Crippen molar-refractivity contribution in [2.45, 2.75) is 25.8 Å². The van der Waals surface area contributed by atoms with Gasteiger partial charge in [0.15, 0.2) is 0 Å². The van der Waals surface area contributed by atoms with E-state index in [9.17, 15) is 0 Å². The summed E-state index contributed by atoms with van der Waals surface area (Å²) in [5.74, 6) is 1.46. The molecule has 0 aromatic heterocycles. The van der Waals surface area contributed by atoms with Crippen molar-refractivity contribution >= 4 is 23.2 Å². The summed E-state index contributed by atoms with van der Waals surface area (Å²) < 4.78 is 5.89. The van der Waals surface area contributed by atoms with Gasteiger partial charge in [-0.25, -0.2) is 0 Å². The van der Waals surface area contributed by atoms with Crippen LogP contribution in [0.2, 0.25) is 10.0 Å². The van der Waals surface area contributed by atoms with E-state index in [0.717, 1.165) is 23.5 Å². The van der Waals surface area contributed by atoms with Gasteiger partial charge >= 0.3 is 0 Å². The number of halogens is 2. The van der Waals surface area contributed by atoms with Gasteiger partial charge in [-0.1, -0.05) is 36.2 Å². The maximum atomic E-state index is 6.27. The Morgan fingerprint density at radius 3 is 2.45 bits per heavy atom. The molecule has 1 unspecified atom stereocenters. The number of benzene rings is 2. The number of nitrogens with two attached hydrogens (primary N) is 1. The molecule has 2 aromatic carbocycles. The van der Waals surface area contributed by atoms with Crippen molar-refractivity contribution in [3.8, 4) is 11.5 Å². The lowest BCUT2D eigenvalue weighted by Gasteiger charge is -2.15. The Morgan fingerprint density at radius 2 is 1.80 bits per heavy atom. The van der Waals surface area contributed by atoms with Crippen molar-refractivity contribution in [1.29, 1.82) is 0 Å². The number of hydrogen-bond acceptors (Lipinski definition) is 2. The van der Waals surface area contributed by atoms with Crippen molar-refractivity contribution in [3.05, 3.63) is 58.1 Å². The summed E-state index contributed by atoms with van der Waals surface area (Å²) in [6.07, 6.45) is 1.59. The number of rotatable bonds is 5. The van der Waals surface area contributed by atoms with Crippen molar-refractivity contribution in [1.82, 2.24) is 0 Å². The lowest BCUT2D eigenvalue weighted by molar-refractivity contribution is 0.472. The molecule has 0 radical (unpaired) electrons. The molecular formula is C16H17Cl2NO. The van der Waals surface area contributed by atoms with Crippen LogP contribution in [0.3, 0.4) is 0 Å². The molecule has 2 nitrogen and oxygen atoms in total. The Kier molecular flexibility index (Phi) is 5.30. The van der Waals surface area contributed by atoms with Gasteiger partial charge in [0.2, 0.25) is 0 Å². The Bertz CT molecular complexity index is 569. The summed E-state index contributed by atoms with van der Waals surface area (Å²) in [5.41, 5.74) is 6.97. The molecule has 0 aliphatic heterocycles.